The number of aromatic nitrogens is 2. The highest BCUT2D eigenvalue weighted by Gasteiger charge is 2.10. The molecule has 0 bridgehead atoms. The minimum Gasteiger partial charge on any atom is -0.436 e. The lowest BCUT2D eigenvalue weighted by Gasteiger charge is -2.05. The molecule has 0 aliphatic carbocycles. The Hall–Kier alpha value is -2.11. The van der Waals surface area contributed by atoms with Crippen LogP contribution in [-0.2, 0) is 0 Å². The average Bonchev–Trinajstić information content (AvgIpc) is 2.25. The molecule has 0 saturated heterocycles. The Morgan fingerprint density at radius 2 is 1.88 bits per heavy atom. The second-order valence-corrected chi connectivity index (χ2v) is 2.83. The van der Waals surface area contributed by atoms with Crippen LogP contribution < -0.4 is 4.74 Å². The van der Waals surface area contributed by atoms with Crippen LogP contribution in [0.1, 0.15) is 0 Å². The second kappa shape index (κ2) is 4.18. The lowest BCUT2D eigenvalue weighted by atomic mass is 10.3. The summed E-state index contributed by atoms with van der Waals surface area (Å²) >= 11 is 0. The number of benzene rings is 1. The van der Waals surface area contributed by atoms with E-state index in [-0.39, 0.29) is 11.6 Å². The van der Waals surface area contributed by atoms with E-state index in [2.05, 4.69) is 9.97 Å². The normalized spacial score (nSPS) is 10.2. The van der Waals surface area contributed by atoms with Gasteiger partial charge in [-0.05, 0) is 12.1 Å². The molecule has 0 radical (unpaired) electrons. The van der Waals surface area contributed by atoms with Gasteiger partial charge >= 0.3 is 0 Å². The first-order valence-corrected chi connectivity index (χ1v) is 4.26. The van der Waals surface area contributed by atoms with Gasteiger partial charge in [-0.2, -0.15) is 8.78 Å². The van der Waals surface area contributed by atoms with Crippen molar-refractivity contribution in [2.24, 2.45) is 0 Å². The number of ether oxygens (including phenoxy) is 1. The predicted octanol–water partition coefficient (Wildman–Crippen LogP) is 2.69. The van der Waals surface area contributed by atoms with Gasteiger partial charge in [-0.25, -0.2) is 14.4 Å². The van der Waals surface area contributed by atoms with Crippen molar-refractivity contribution in [2.45, 2.75) is 0 Å². The zero-order chi connectivity index (χ0) is 11.5. The van der Waals surface area contributed by atoms with Crippen molar-refractivity contribution in [3.63, 3.8) is 0 Å². The van der Waals surface area contributed by atoms with E-state index >= 15 is 0 Å². The van der Waals surface area contributed by atoms with Gasteiger partial charge in [0.25, 0.3) is 0 Å². The van der Waals surface area contributed by atoms with Crippen molar-refractivity contribution in [1.29, 1.82) is 0 Å². The zero-order valence-electron chi connectivity index (χ0n) is 7.82. The summed E-state index contributed by atoms with van der Waals surface area (Å²) in [6, 6.07) is 4.29. The fraction of sp³-hybridized carbons (Fsp3) is 0. The maximum atomic E-state index is 13.2. The highest BCUT2D eigenvalue weighted by molar-refractivity contribution is 5.28. The summed E-state index contributed by atoms with van der Waals surface area (Å²) in [5.41, 5.74) is 0. The van der Waals surface area contributed by atoms with Crippen molar-refractivity contribution in [3.8, 4) is 11.6 Å². The molecule has 0 N–H and O–H groups in total. The molecule has 0 aliphatic heterocycles. The summed E-state index contributed by atoms with van der Waals surface area (Å²) in [5.74, 6) is -3.58. The van der Waals surface area contributed by atoms with Crippen LogP contribution in [0.15, 0.2) is 30.6 Å². The summed E-state index contributed by atoms with van der Waals surface area (Å²) < 4.78 is 43.5. The van der Waals surface area contributed by atoms with Gasteiger partial charge in [-0.1, -0.05) is 6.07 Å². The van der Waals surface area contributed by atoms with Gasteiger partial charge in [0.2, 0.25) is 17.6 Å². The van der Waals surface area contributed by atoms with Crippen LogP contribution in [-0.4, -0.2) is 9.97 Å². The van der Waals surface area contributed by atoms with Crippen molar-refractivity contribution < 1.29 is 17.9 Å². The first-order chi connectivity index (χ1) is 7.66. The molecule has 0 fully saturated rings. The van der Waals surface area contributed by atoms with E-state index in [0.717, 1.165) is 18.5 Å². The van der Waals surface area contributed by atoms with E-state index in [0.29, 0.717) is 0 Å². The maximum Gasteiger partial charge on any atom is 0.225 e. The Labute approximate surface area is 88.5 Å². The average molecular weight is 226 g/mol. The van der Waals surface area contributed by atoms with Gasteiger partial charge in [-0.15, -0.1) is 0 Å². The van der Waals surface area contributed by atoms with Gasteiger partial charge in [0.1, 0.15) is 6.33 Å². The Morgan fingerprint density at radius 3 is 2.62 bits per heavy atom. The molecule has 82 valence electrons. The van der Waals surface area contributed by atoms with Crippen LogP contribution in [0.3, 0.4) is 0 Å². The second-order valence-electron chi connectivity index (χ2n) is 2.83. The number of halogens is 3. The minimum absolute atomic E-state index is 0.197. The third-order valence-corrected chi connectivity index (χ3v) is 1.74. The van der Waals surface area contributed by atoms with Crippen molar-refractivity contribution in [2.75, 3.05) is 0 Å². The fourth-order valence-electron chi connectivity index (χ4n) is 1.05. The van der Waals surface area contributed by atoms with Gasteiger partial charge in [0, 0.05) is 0 Å². The quantitative estimate of drug-likeness (QED) is 0.738. The molecule has 6 heteroatoms. The highest BCUT2D eigenvalue weighted by atomic mass is 19.2. The molecular weight excluding hydrogens is 221 g/mol. The highest BCUT2D eigenvalue weighted by Crippen LogP contribution is 2.24. The third-order valence-electron chi connectivity index (χ3n) is 1.74. The van der Waals surface area contributed by atoms with Gasteiger partial charge in [0.15, 0.2) is 11.6 Å². The van der Waals surface area contributed by atoms with Crippen LogP contribution in [0.5, 0.6) is 11.6 Å². The molecule has 2 rings (SSSR count). The molecule has 0 atom stereocenters. The molecule has 16 heavy (non-hydrogen) atoms. The Morgan fingerprint density at radius 1 is 1.06 bits per heavy atom. The first-order valence-electron chi connectivity index (χ1n) is 4.26. The number of rotatable bonds is 2. The van der Waals surface area contributed by atoms with Crippen LogP contribution in [0.25, 0.3) is 0 Å². The van der Waals surface area contributed by atoms with Crippen molar-refractivity contribution >= 4 is 0 Å². The lowest BCUT2D eigenvalue weighted by Crippen LogP contribution is -1.94. The van der Waals surface area contributed by atoms with Crippen LogP contribution in [0.4, 0.5) is 13.2 Å². The van der Waals surface area contributed by atoms with Crippen LogP contribution >= 0.6 is 0 Å². The van der Waals surface area contributed by atoms with E-state index in [1.807, 2.05) is 0 Å². The summed E-state index contributed by atoms with van der Waals surface area (Å²) in [5, 5.41) is 0. The number of hydrogen-bond acceptors (Lipinski definition) is 3. The molecule has 0 saturated carbocycles. The summed E-state index contributed by atoms with van der Waals surface area (Å²) in [7, 11) is 0. The van der Waals surface area contributed by atoms with Gasteiger partial charge in [-0.3, -0.25) is 0 Å². The monoisotopic (exact) mass is 226 g/mol. The number of hydrogen-bond donors (Lipinski definition) is 0. The standard InChI is InChI=1S/C10H5F3N2O/c11-6-2-1-3-7(10(6)13)16-9-4-8(12)14-5-15-9/h1-5H. The van der Waals surface area contributed by atoms with Crippen LogP contribution in [0, 0.1) is 17.6 Å². The minimum atomic E-state index is -1.15. The molecule has 0 aliphatic rings. The Bertz CT molecular complexity index is 519. The lowest BCUT2D eigenvalue weighted by molar-refractivity contribution is 0.400. The van der Waals surface area contributed by atoms with E-state index < -0.39 is 17.6 Å². The van der Waals surface area contributed by atoms with Crippen LogP contribution in [0.2, 0.25) is 0 Å². The molecule has 1 heterocycles. The SMILES string of the molecule is Fc1cc(Oc2cccc(F)c2F)ncn1. The van der Waals surface area contributed by atoms with Gasteiger partial charge in [0.05, 0.1) is 6.07 Å². The summed E-state index contributed by atoms with van der Waals surface area (Å²) in [4.78, 5) is 6.74. The Balaban J connectivity index is 2.31. The molecule has 0 amide bonds. The first kappa shape index (κ1) is 10.4. The molecule has 0 spiro atoms. The topological polar surface area (TPSA) is 35.0 Å². The largest absolute Gasteiger partial charge is 0.436 e. The van der Waals surface area contributed by atoms with Crippen molar-refractivity contribution in [3.05, 3.63) is 48.2 Å². The molecule has 0 unspecified atom stereocenters. The fourth-order valence-corrected chi connectivity index (χ4v) is 1.05. The predicted molar refractivity (Wildman–Crippen MR) is 48.4 cm³/mol. The smallest absolute Gasteiger partial charge is 0.225 e. The number of nitrogens with zero attached hydrogens (tertiary/aromatic N) is 2. The molecule has 1 aromatic heterocycles. The third kappa shape index (κ3) is 2.10. The Kier molecular flexibility index (Phi) is 2.72. The summed E-state index contributed by atoms with van der Waals surface area (Å²) in [6.07, 6.45) is 0.919. The van der Waals surface area contributed by atoms with E-state index in [9.17, 15) is 13.2 Å². The van der Waals surface area contributed by atoms with E-state index in [1.165, 1.54) is 12.1 Å². The zero-order valence-corrected chi connectivity index (χ0v) is 7.82. The molecular formula is C10H5F3N2O. The van der Waals surface area contributed by atoms with E-state index in [1.54, 1.807) is 0 Å². The summed E-state index contributed by atoms with van der Waals surface area (Å²) in [6.45, 7) is 0. The molecule has 1 aromatic carbocycles. The van der Waals surface area contributed by atoms with Gasteiger partial charge < -0.3 is 4.74 Å². The molecule has 2 aromatic rings. The molecule has 3 nitrogen and oxygen atoms in total. The van der Waals surface area contributed by atoms with E-state index in [4.69, 9.17) is 4.74 Å². The van der Waals surface area contributed by atoms with Crippen molar-refractivity contribution in [1.82, 2.24) is 9.97 Å². The maximum absolute atomic E-state index is 13.2.